The van der Waals surface area contributed by atoms with Gasteiger partial charge in [-0.15, -0.1) is 0 Å². The summed E-state index contributed by atoms with van der Waals surface area (Å²) in [6.45, 7) is 0. The maximum absolute atomic E-state index is 13.4. The number of hydrogen-bond donors (Lipinski definition) is 1. The highest BCUT2D eigenvalue weighted by Gasteiger charge is 2.41. The van der Waals surface area contributed by atoms with Crippen LogP contribution in [0.25, 0.3) is 11.1 Å². The topological polar surface area (TPSA) is 52.0 Å². The van der Waals surface area contributed by atoms with E-state index in [1.54, 1.807) is 0 Å². The van der Waals surface area contributed by atoms with E-state index >= 15 is 0 Å². The van der Waals surface area contributed by atoms with Crippen LogP contribution >= 0.6 is 0 Å². The number of aromatic nitrogens is 1. The molecule has 0 unspecified atom stereocenters. The molecule has 1 aromatic heterocycles. The largest absolute Gasteiger partial charge is 0.453 e. The Labute approximate surface area is 92.8 Å². The second-order valence-corrected chi connectivity index (χ2v) is 3.25. The van der Waals surface area contributed by atoms with Crippen LogP contribution in [0.1, 0.15) is 5.76 Å². The summed E-state index contributed by atoms with van der Waals surface area (Å²) in [5.41, 5.74) is 4.40. The fourth-order valence-corrected chi connectivity index (χ4v) is 1.42. The molecule has 2 rings (SSSR count). The first-order valence-corrected chi connectivity index (χ1v) is 4.48. The molecule has 1 aromatic carbocycles. The van der Waals surface area contributed by atoms with Gasteiger partial charge in [-0.1, -0.05) is 23.4 Å². The van der Waals surface area contributed by atoms with Gasteiger partial charge in [0.15, 0.2) is 5.82 Å². The van der Waals surface area contributed by atoms with Crippen LogP contribution in [-0.4, -0.2) is 5.16 Å². The van der Waals surface area contributed by atoms with Gasteiger partial charge in [-0.3, -0.25) is 0 Å². The number of alkyl halides is 3. The van der Waals surface area contributed by atoms with Gasteiger partial charge in [-0.05, 0) is 6.07 Å². The molecule has 1 heterocycles. The summed E-state index contributed by atoms with van der Waals surface area (Å²) in [4.78, 5) is 0. The summed E-state index contributed by atoms with van der Waals surface area (Å²) >= 11 is 0. The van der Waals surface area contributed by atoms with Crippen molar-refractivity contribution in [3.63, 3.8) is 0 Å². The van der Waals surface area contributed by atoms with Gasteiger partial charge in [0.05, 0.1) is 5.56 Å². The molecule has 0 saturated carbocycles. The third-order valence-corrected chi connectivity index (χ3v) is 2.12. The molecule has 17 heavy (non-hydrogen) atoms. The van der Waals surface area contributed by atoms with Crippen molar-refractivity contribution >= 4 is 5.82 Å². The van der Waals surface area contributed by atoms with Crippen molar-refractivity contribution in [2.45, 2.75) is 6.18 Å². The van der Waals surface area contributed by atoms with E-state index in [-0.39, 0.29) is 5.56 Å². The SMILES string of the molecule is Nc1noc(C(F)(F)F)c1-c1ccccc1F. The summed E-state index contributed by atoms with van der Waals surface area (Å²) in [6.07, 6.45) is -4.78. The fraction of sp³-hybridized carbons (Fsp3) is 0.100. The predicted octanol–water partition coefficient (Wildman–Crippen LogP) is 3.08. The summed E-state index contributed by atoms with van der Waals surface area (Å²) in [6, 6.07) is 4.95. The Morgan fingerprint density at radius 1 is 1.18 bits per heavy atom. The fourth-order valence-electron chi connectivity index (χ4n) is 1.42. The minimum atomic E-state index is -4.78. The maximum atomic E-state index is 13.4. The lowest BCUT2D eigenvalue weighted by molar-refractivity contribution is -0.154. The van der Waals surface area contributed by atoms with Gasteiger partial charge in [0, 0.05) is 5.56 Å². The lowest BCUT2D eigenvalue weighted by Crippen LogP contribution is -2.06. The van der Waals surface area contributed by atoms with E-state index in [1.807, 2.05) is 0 Å². The highest BCUT2D eigenvalue weighted by molar-refractivity contribution is 5.76. The highest BCUT2D eigenvalue weighted by atomic mass is 19.4. The van der Waals surface area contributed by atoms with E-state index in [0.29, 0.717) is 0 Å². The molecule has 0 atom stereocenters. The zero-order chi connectivity index (χ0) is 12.6. The van der Waals surface area contributed by atoms with Gasteiger partial charge in [0.2, 0.25) is 0 Å². The third kappa shape index (κ3) is 1.95. The second kappa shape index (κ2) is 3.76. The van der Waals surface area contributed by atoms with Gasteiger partial charge in [0.25, 0.3) is 5.76 Å². The van der Waals surface area contributed by atoms with E-state index in [4.69, 9.17) is 5.73 Å². The van der Waals surface area contributed by atoms with Crippen LogP contribution < -0.4 is 5.73 Å². The first-order valence-electron chi connectivity index (χ1n) is 4.48. The molecular formula is C10H6F4N2O. The molecule has 3 nitrogen and oxygen atoms in total. The van der Waals surface area contributed by atoms with Crippen LogP contribution in [0.15, 0.2) is 28.8 Å². The summed E-state index contributed by atoms with van der Waals surface area (Å²) < 4.78 is 55.2. The Hall–Kier alpha value is -2.05. The van der Waals surface area contributed by atoms with Crippen LogP contribution in [0, 0.1) is 5.82 Å². The highest BCUT2D eigenvalue weighted by Crippen LogP contribution is 2.40. The number of anilines is 1. The summed E-state index contributed by atoms with van der Waals surface area (Å²) in [5, 5.41) is 3.02. The lowest BCUT2D eigenvalue weighted by Gasteiger charge is -2.06. The number of halogens is 4. The molecular weight excluding hydrogens is 240 g/mol. The molecule has 2 aromatic rings. The molecule has 0 saturated heterocycles. The summed E-state index contributed by atoms with van der Waals surface area (Å²) in [5.74, 6) is -2.73. The maximum Gasteiger partial charge on any atom is 0.453 e. The monoisotopic (exact) mass is 246 g/mol. The molecule has 0 aliphatic carbocycles. The Morgan fingerprint density at radius 3 is 2.41 bits per heavy atom. The number of nitrogen functional groups attached to an aromatic ring is 1. The second-order valence-electron chi connectivity index (χ2n) is 3.25. The Bertz CT molecular complexity index is 547. The molecule has 0 aliphatic rings. The van der Waals surface area contributed by atoms with Crippen molar-refractivity contribution < 1.29 is 22.1 Å². The van der Waals surface area contributed by atoms with E-state index in [0.717, 1.165) is 6.07 Å². The van der Waals surface area contributed by atoms with Crippen LogP contribution in [-0.2, 0) is 6.18 Å². The van der Waals surface area contributed by atoms with Gasteiger partial charge in [-0.25, -0.2) is 4.39 Å². The van der Waals surface area contributed by atoms with Crippen molar-refractivity contribution in [3.8, 4) is 11.1 Å². The Balaban J connectivity index is 2.68. The van der Waals surface area contributed by atoms with Gasteiger partial charge in [-0.2, -0.15) is 13.2 Å². The zero-order valence-corrected chi connectivity index (χ0v) is 8.25. The first kappa shape index (κ1) is 11.4. The van der Waals surface area contributed by atoms with Gasteiger partial charge >= 0.3 is 6.18 Å². The molecule has 90 valence electrons. The van der Waals surface area contributed by atoms with Gasteiger partial charge in [0.1, 0.15) is 5.82 Å². The van der Waals surface area contributed by atoms with E-state index in [1.165, 1.54) is 18.2 Å². The third-order valence-electron chi connectivity index (χ3n) is 2.12. The number of nitrogens with zero attached hydrogens (tertiary/aromatic N) is 1. The lowest BCUT2D eigenvalue weighted by atomic mass is 10.1. The minimum Gasteiger partial charge on any atom is -0.380 e. The smallest absolute Gasteiger partial charge is 0.380 e. The Kier molecular flexibility index (Phi) is 2.53. The number of rotatable bonds is 1. The molecule has 0 radical (unpaired) electrons. The quantitative estimate of drug-likeness (QED) is 0.786. The Morgan fingerprint density at radius 2 is 1.82 bits per heavy atom. The molecule has 7 heteroatoms. The van der Waals surface area contributed by atoms with Gasteiger partial charge < -0.3 is 10.3 Å². The summed E-state index contributed by atoms with van der Waals surface area (Å²) in [7, 11) is 0. The normalized spacial score (nSPS) is 11.8. The molecule has 0 fully saturated rings. The molecule has 0 bridgehead atoms. The number of hydrogen-bond acceptors (Lipinski definition) is 3. The minimum absolute atomic E-state index is 0.293. The molecule has 2 N–H and O–H groups in total. The van der Waals surface area contributed by atoms with Crippen molar-refractivity contribution in [3.05, 3.63) is 35.8 Å². The van der Waals surface area contributed by atoms with E-state index in [2.05, 4.69) is 9.68 Å². The average molecular weight is 246 g/mol. The standard InChI is InChI=1S/C10H6F4N2O/c11-6-4-2-1-3-5(6)7-8(10(12,13)14)17-16-9(7)15/h1-4H,(H2,15,16). The van der Waals surface area contributed by atoms with Crippen LogP contribution in [0.5, 0.6) is 0 Å². The predicted molar refractivity (Wildman–Crippen MR) is 51.3 cm³/mol. The average Bonchev–Trinajstić information content (AvgIpc) is 2.60. The molecule has 0 aliphatic heterocycles. The van der Waals surface area contributed by atoms with Crippen LogP contribution in [0.4, 0.5) is 23.4 Å². The molecule has 0 amide bonds. The van der Waals surface area contributed by atoms with E-state index < -0.39 is 29.1 Å². The van der Waals surface area contributed by atoms with E-state index in [9.17, 15) is 17.6 Å². The number of benzene rings is 1. The van der Waals surface area contributed by atoms with Crippen molar-refractivity contribution in [2.75, 3.05) is 5.73 Å². The zero-order valence-electron chi connectivity index (χ0n) is 8.25. The number of nitrogens with two attached hydrogens (primary N) is 1. The first-order chi connectivity index (χ1) is 7.91. The van der Waals surface area contributed by atoms with Crippen molar-refractivity contribution in [2.24, 2.45) is 0 Å². The van der Waals surface area contributed by atoms with Crippen molar-refractivity contribution in [1.29, 1.82) is 0 Å². The van der Waals surface area contributed by atoms with Crippen LogP contribution in [0.2, 0.25) is 0 Å². The molecule has 0 spiro atoms. The van der Waals surface area contributed by atoms with Crippen LogP contribution in [0.3, 0.4) is 0 Å². The van der Waals surface area contributed by atoms with Crippen molar-refractivity contribution in [1.82, 2.24) is 5.16 Å².